The van der Waals surface area contributed by atoms with Crippen LogP contribution in [-0.2, 0) is 6.18 Å². The lowest BCUT2D eigenvalue weighted by atomic mass is 9.77. The predicted octanol–water partition coefficient (Wildman–Crippen LogP) is 7.79. The van der Waals surface area contributed by atoms with Gasteiger partial charge in [-0.05, 0) is 55.2 Å². The van der Waals surface area contributed by atoms with Gasteiger partial charge in [-0.3, -0.25) is 0 Å². The summed E-state index contributed by atoms with van der Waals surface area (Å²) >= 11 is 0.431. The Balaban J connectivity index is 1.82. The third-order valence-corrected chi connectivity index (χ3v) is 6.41. The van der Waals surface area contributed by atoms with Gasteiger partial charge in [-0.25, -0.2) is 8.78 Å². The summed E-state index contributed by atoms with van der Waals surface area (Å²) in [4.78, 5) is -0.724. The van der Waals surface area contributed by atoms with E-state index in [0.29, 0.717) is 22.8 Å². The number of hydrogen-bond donors (Lipinski definition) is 0. The van der Waals surface area contributed by atoms with E-state index in [0.717, 1.165) is 38.2 Å². The molecule has 0 radical (unpaired) electrons. The SMILES string of the molecule is CCCC1CCC(c2ccc(-c3ccc(C(F)(F)F)s3)c(F)c2F)CC1. The largest absolute Gasteiger partial charge is 0.425 e. The van der Waals surface area contributed by atoms with Crippen molar-refractivity contribution in [2.75, 3.05) is 0 Å². The Hall–Kier alpha value is -1.43. The van der Waals surface area contributed by atoms with Gasteiger partial charge in [0.05, 0.1) is 0 Å². The van der Waals surface area contributed by atoms with Crippen LogP contribution in [0.15, 0.2) is 24.3 Å². The molecule has 6 heteroatoms. The third kappa shape index (κ3) is 3.95. The van der Waals surface area contributed by atoms with E-state index in [1.807, 2.05) is 0 Å². The molecule has 0 amide bonds. The molecule has 1 aliphatic rings. The summed E-state index contributed by atoms with van der Waals surface area (Å²) in [7, 11) is 0. The zero-order chi connectivity index (χ0) is 18.9. The highest BCUT2D eigenvalue weighted by Crippen LogP contribution is 2.42. The highest BCUT2D eigenvalue weighted by molar-refractivity contribution is 7.15. The number of benzene rings is 1. The topological polar surface area (TPSA) is 0 Å². The van der Waals surface area contributed by atoms with Crippen molar-refractivity contribution in [1.29, 1.82) is 0 Å². The van der Waals surface area contributed by atoms with Gasteiger partial charge in [0.15, 0.2) is 11.6 Å². The summed E-state index contributed by atoms with van der Waals surface area (Å²) < 4.78 is 67.4. The van der Waals surface area contributed by atoms with Crippen molar-refractivity contribution in [3.05, 3.63) is 46.3 Å². The van der Waals surface area contributed by atoms with Crippen molar-refractivity contribution in [3.8, 4) is 10.4 Å². The molecule has 0 unspecified atom stereocenters. The second-order valence-electron chi connectivity index (χ2n) is 7.00. The molecule has 26 heavy (non-hydrogen) atoms. The lowest BCUT2D eigenvalue weighted by Gasteiger charge is -2.29. The first-order valence-corrected chi connectivity index (χ1v) is 9.78. The van der Waals surface area contributed by atoms with Crippen molar-refractivity contribution >= 4 is 11.3 Å². The zero-order valence-corrected chi connectivity index (χ0v) is 15.3. The normalized spacial score (nSPS) is 21.2. The van der Waals surface area contributed by atoms with Crippen LogP contribution in [0.3, 0.4) is 0 Å². The molecule has 1 aliphatic carbocycles. The van der Waals surface area contributed by atoms with Crippen LogP contribution in [-0.4, -0.2) is 0 Å². The average Bonchev–Trinajstić information content (AvgIpc) is 3.09. The van der Waals surface area contributed by atoms with Crippen LogP contribution in [0, 0.1) is 17.6 Å². The third-order valence-electron chi connectivity index (χ3n) is 5.25. The Morgan fingerprint density at radius 1 is 0.962 bits per heavy atom. The monoisotopic (exact) mass is 388 g/mol. The van der Waals surface area contributed by atoms with E-state index in [1.165, 1.54) is 18.6 Å². The molecular weight excluding hydrogens is 367 g/mol. The van der Waals surface area contributed by atoms with Crippen LogP contribution in [0.25, 0.3) is 10.4 Å². The van der Waals surface area contributed by atoms with Gasteiger partial charge in [-0.2, -0.15) is 13.2 Å². The Kier molecular flexibility index (Phi) is 5.70. The summed E-state index contributed by atoms with van der Waals surface area (Å²) in [6.07, 6.45) is 1.52. The minimum Gasteiger partial charge on any atom is -0.203 e. The molecule has 0 N–H and O–H groups in total. The molecule has 0 saturated heterocycles. The fourth-order valence-electron chi connectivity index (χ4n) is 3.88. The lowest BCUT2D eigenvalue weighted by Crippen LogP contribution is -2.14. The van der Waals surface area contributed by atoms with Crippen LogP contribution in [0.5, 0.6) is 0 Å². The van der Waals surface area contributed by atoms with Gasteiger partial charge in [0.1, 0.15) is 4.88 Å². The molecule has 3 rings (SSSR count). The smallest absolute Gasteiger partial charge is 0.203 e. The van der Waals surface area contributed by atoms with Crippen molar-refractivity contribution in [2.45, 2.75) is 57.5 Å². The Bertz CT molecular complexity index is 754. The average molecular weight is 388 g/mol. The molecule has 0 aliphatic heterocycles. The maximum atomic E-state index is 14.6. The molecule has 2 aromatic rings. The summed E-state index contributed by atoms with van der Waals surface area (Å²) in [6.45, 7) is 2.15. The van der Waals surface area contributed by atoms with E-state index in [4.69, 9.17) is 0 Å². The van der Waals surface area contributed by atoms with Crippen molar-refractivity contribution < 1.29 is 22.0 Å². The van der Waals surface area contributed by atoms with Gasteiger partial charge < -0.3 is 0 Å². The lowest BCUT2D eigenvalue weighted by molar-refractivity contribution is -0.134. The van der Waals surface area contributed by atoms with Gasteiger partial charge in [-0.1, -0.05) is 31.9 Å². The number of rotatable bonds is 4. The molecule has 1 aromatic carbocycles. The Morgan fingerprint density at radius 3 is 2.23 bits per heavy atom. The number of hydrogen-bond acceptors (Lipinski definition) is 1. The van der Waals surface area contributed by atoms with Crippen molar-refractivity contribution in [2.24, 2.45) is 5.92 Å². The van der Waals surface area contributed by atoms with Gasteiger partial charge >= 0.3 is 6.18 Å². The van der Waals surface area contributed by atoms with Crippen molar-refractivity contribution in [3.63, 3.8) is 0 Å². The number of halogens is 5. The summed E-state index contributed by atoms with van der Waals surface area (Å²) in [5, 5.41) is 0. The molecule has 1 heterocycles. The van der Waals surface area contributed by atoms with E-state index in [-0.39, 0.29) is 16.4 Å². The van der Waals surface area contributed by atoms with Gasteiger partial charge in [0.2, 0.25) is 0 Å². The first kappa shape index (κ1) is 19.3. The quantitative estimate of drug-likeness (QED) is 0.469. The van der Waals surface area contributed by atoms with Gasteiger partial charge in [0.25, 0.3) is 0 Å². The van der Waals surface area contributed by atoms with Gasteiger partial charge in [-0.15, -0.1) is 11.3 Å². The van der Waals surface area contributed by atoms with E-state index in [9.17, 15) is 22.0 Å². The minimum absolute atomic E-state index is 0.0132. The molecule has 1 aromatic heterocycles. The molecule has 0 spiro atoms. The van der Waals surface area contributed by atoms with E-state index in [1.54, 1.807) is 6.07 Å². The zero-order valence-electron chi connectivity index (χ0n) is 14.5. The molecule has 1 fully saturated rings. The van der Waals surface area contributed by atoms with E-state index in [2.05, 4.69) is 6.92 Å². The van der Waals surface area contributed by atoms with Crippen LogP contribution in [0.1, 0.15) is 61.8 Å². The Morgan fingerprint density at radius 2 is 1.65 bits per heavy atom. The summed E-state index contributed by atoms with van der Waals surface area (Å²) in [5.74, 6) is -1.31. The molecule has 0 bridgehead atoms. The highest BCUT2D eigenvalue weighted by Gasteiger charge is 2.33. The first-order chi connectivity index (χ1) is 12.3. The fraction of sp³-hybridized carbons (Fsp3) is 0.500. The van der Waals surface area contributed by atoms with Crippen LogP contribution >= 0.6 is 11.3 Å². The van der Waals surface area contributed by atoms with Crippen LogP contribution in [0.2, 0.25) is 0 Å². The Labute approximate surface area is 154 Å². The summed E-state index contributed by atoms with van der Waals surface area (Å²) in [5.41, 5.74) is 0.250. The summed E-state index contributed by atoms with van der Waals surface area (Å²) in [6, 6.07) is 5.06. The first-order valence-electron chi connectivity index (χ1n) is 8.96. The second-order valence-corrected chi connectivity index (χ2v) is 8.08. The van der Waals surface area contributed by atoms with E-state index >= 15 is 0 Å². The minimum atomic E-state index is -4.48. The molecule has 0 atom stereocenters. The maximum absolute atomic E-state index is 14.6. The van der Waals surface area contributed by atoms with E-state index < -0.39 is 22.7 Å². The molecule has 142 valence electrons. The fourth-order valence-corrected chi connectivity index (χ4v) is 4.77. The second kappa shape index (κ2) is 7.67. The molecular formula is C20H21F5S. The number of alkyl halides is 3. The predicted molar refractivity (Wildman–Crippen MR) is 94.3 cm³/mol. The van der Waals surface area contributed by atoms with Gasteiger partial charge in [0, 0.05) is 10.4 Å². The standard InChI is InChI=1S/C20H21F5S/c1-2-3-12-4-6-13(7-5-12)14-8-9-15(19(22)18(14)21)16-10-11-17(26-16)20(23,24)25/h8-13H,2-7H2,1H3. The highest BCUT2D eigenvalue weighted by atomic mass is 32.1. The maximum Gasteiger partial charge on any atom is 0.425 e. The number of thiophene rings is 1. The van der Waals surface area contributed by atoms with Crippen LogP contribution < -0.4 is 0 Å². The van der Waals surface area contributed by atoms with Crippen LogP contribution in [0.4, 0.5) is 22.0 Å². The molecule has 1 saturated carbocycles. The molecule has 0 nitrogen and oxygen atoms in total. The van der Waals surface area contributed by atoms with Crippen molar-refractivity contribution in [1.82, 2.24) is 0 Å².